The third-order valence-corrected chi connectivity index (χ3v) is 9.87. The number of piperidine rings is 1. The van der Waals surface area contributed by atoms with Gasteiger partial charge in [-0.15, -0.1) is 11.3 Å². The summed E-state index contributed by atoms with van der Waals surface area (Å²) in [5, 5.41) is 13.8. The van der Waals surface area contributed by atoms with Crippen molar-refractivity contribution in [3.63, 3.8) is 0 Å². The van der Waals surface area contributed by atoms with Gasteiger partial charge in [-0.3, -0.25) is 20.4 Å². The van der Waals surface area contributed by atoms with Gasteiger partial charge in [-0.2, -0.15) is 5.10 Å². The number of unbranched alkanes of at least 4 members (excludes halogenated alkanes) is 1. The zero-order valence-electron chi connectivity index (χ0n) is 15.3. The summed E-state index contributed by atoms with van der Waals surface area (Å²) in [6, 6.07) is 0.232. The van der Waals surface area contributed by atoms with Gasteiger partial charge >= 0.3 is 0 Å². The molecule has 1 aromatic rings. The van der Waals surface area contributed by atoms with Crippen LogP contribution in [0.2, 0.25) is 0 Å². The first-order valence-electron chi connectivity index (χ1n) is 9.47. The largest absolute Gasteiger partial charge is 0.297 e. The number of nitrogens with zero attached hydrogens (tertiary/aromatic N) is 3. The van der Waals surface area contributed by atoms with Crippen LogP contribution in [0.4, 0.5) is 0 Å². The monoisotopic (exact) mass is 424 g/mol. The summed E-state index contributed by atoms with van der Waals surface area (Å²) in [6.45, 7) is 4.15. The number of amidine groups is 1. The Hall–Kier alpha value is -1.10. The van der Waals surface area contributed by atoms with E-state index >= 15 is 0 Å². The van der Waals surface area contributed by atoms with E-state index in [1.807, 2.05) is 18.5 Å². The van der Waals surface area contributed by atoms with E-state index < -0.39 is 10.8 Å². The number of thiazole rings is 1. The van der Waals surface area contributed by atoms with Crippen molar-refractivity contribution < 1.29 is 4.21 Å². The molecule has 5 heterocycles. The van der Waals surface area contributed by atoms with Crippen molar-refractivity contribution in [3.8, 4) is 0 Å². The van der Waals surface area contributed by atoms with Crippen molar-refractivity contribution >= 4 is 39.7 Å². The maximum absolute atomic E-state index is 13.0. The van der Waals surface area contributed by atoms with Gasteiger partial charge in [-0.05, 0) is 19.8 Å². The van der Waals surface area contributed by atoms with Crippen LogP contribution in [0.5, 0.6) is 0 Å². The number of rotatable bonds is 5. The minimum Gasteiger partial charge on any atom is -0.297 e. The Morgan fingerprint density at radius 1 is 1.44 bits per heavy atom. The van der Waals surface area contributed by atoms with Crippen LogP contribution in [0, 0.1) is 11.8 Å². The maximum Gasteiger partial charge on any atom is 0.142 e. The molecular formula is C17H24N6OS3. The van der Waals surface area contributed by atoms with E-state index in [2.05, 4.69) is 38.2 Å². The predicted molar refractivity (Wildman–Crippen MR) is 111 cm³/mol. The molecule has 0 aromatic carbocycles. The van der Waals surface area contributed by atoms with Gasteiger partial charge in [0.15, 0.2) is 0 Å². The number of hydrogen-bond donors (Lipinski definition) is 3. The Morgan fingerprint density at radius 3 is 3.11 bits per heavy atom. The van der Waals surface area contributed by atoms with Gasteiger partial charge in [-0.25, -0.2) is 9.99 Å². The Morgan fingerprint density at radius 2 is 2.33 bits per heavy atom. The molecule has 1 aromatic heterocycles. The van der Waals surface area contributed by atoms with Gasteiger partial charge in [-0.1, -0.05) is 25.1 Å². The molecule has 4 aliphatic heterocycles. The van der Waals surface area contributed by atoms with Gasteiger partial charge in [0.25, 0.3) is 0 Å². The molecule has 6 atom stereocenters. The molecule has 3 N–H and O–H groups in total. The lowest BCUT2D eigenvalue weighted by Crippen LogP contribution is -2.63. The summed E-state index contributed by atoms with van der Waals surface area (Å²) >= 11 is 3.46. The smallest absolute Gasteiger partial charge is 0.142 e. The molecule has 2 fully saturated rings. The Balaban J connectivity index is 1.49. The van der Waals surface area contributed by atoms with Crippen LogP contribution < -0.4 is 16.2 Å². The molecule has 146 valence electrons. The molecule has 5 rings (SSSR count). The Labute approximate surface area is 169 Å². The van der Waals surface area contributed by atoms with E-state index in [0.717, 1.165) is 45.8 Å². The number of hydrazone groups is 1. The molecular weight excluding hydrogens is 400 g/mol. The number of fused-ring (bicyclic) bond motifs is 2. The highest BCUT2D eigenvalue weighted by Gasteiger charge is 2.55. The van der Waals surface area contributed by atoms with Crippen molar-refractivity contribution in [2.75, 3.05) is 5.75 Å². The van der Waals surface area contributed by atoms with E-state index in [1.165, 1.54) is 0 Å². The minimum atomic E-state index is -0.950. The third kappa shape index (κ3) is 2.92. The number of aromatic nitrogens is 1. The van der Waals surface area contributed by atoms with E-state index in [-0.39, 0.29) is 17.6 Å². The zero-order chi connectivity index (χ0) is 18.5. The fourth-order valence-electron chi connectivity index (χ4n) is 4.41. The molecule has 0 saturated carbocycles. The summed E-state index contributed by atoms with van der Waals surface area (Å²) in [6.07, 6.45) is 5.06. The predicted octanol–water partition coefficient (Wildman–Crippen LogP) is 2.28. The summed E-state index contributed by atoms with van der Waals surface area (Å²) in [7, 11) is -0.950. The lowest BCUT2D eigenvalue weighted by Gasteiger charge is -2.48. The molecule has 0 bridgehead atoms. The first-order valence-corrected chi connectivity index (χ1v) is 12.6. The molecule has 2 saturated heterocycles. The van der Waals surface area contributed by atoms with Crippen molar-refractivity contribution in [1.29, 1.82) is 0 Å². The molecule has 4 aliphatic rings. The lowest BCUT2D eigenvalue weighted by atomic mass is 9.78. The fraction of sp³-hybridized carbons (Fsp3) is 0.647. The quantitative estimate of drug-likeness (QED) is 0.669. The van der Waals surface area contributed by atoms with Crippen LogP contribution >= 0.6 is 23.1 Å². The fourth-order valence-corrected chi connectivity index (χ4v) is 8.53. The standard InChI is InChI=1S/C17H24N6OS3/c1-3-4-7-27(24)17-13-12-10(14-21-20-9(2)23(14)22-13)8-11(19-16(12)26-17)15-18-5-6-25-15/h5-6,10-12,14,16,19,21-22H,3-4,7-8H2,1-2H3. The topological polar surface area (TPSA) is 81.7 Å². The molecule has 0 amide bonds. The third-order valence-electron chi connectivity index (χ3n) is 5.72. The molecule has 7 nitrogen and oxygen atoms in total. The van der Waals surface area contributed by atoms with E-state index in [0.29, 0.717) is 11.8 Å². The van der Waals surface area contributed by atoms with Gasteiger partial charge in [0.05, 0.1) is 32.1 Å². The van der Waals surface area contributed by atoms with Crippen LogP contribution in [-0.4, -0.2) is 37.3 Å². The number of hydrogen-bond acceptors (Lipinski definition) is 9. The molecule has 0 spiro atoms. The first kappa shape index (κ1) is 18.0. The number of nitrogens with one attached hydrogen (secondary N) is 3. The highest BCUT2D eigenvalue weighted by molar-refractivity contribution is 8.17. The molecule has 0 aliphatic carbocycles. The average Bonchev–Trinajstić information content (AvgIpc) is 3.40. The summed E-state index contributed by atoms with van der Waals surface area (Å²) in [5.74, 6) is 2.37. The van der Waals surface area contributed by atoms with E-state index in [9.17, 15) is 4.21 Å². The normalized spacial score (nSPS) is 35.3. The van der Waals surface area contributed by atoms with E-state index in [4.69, 9.17) is 0 Å². The van der Waals surface area contributed by atoms with Crippen LogP contribution in [0.15, 0.2) is 26.6 Å². The Kier molecular flexibility index (Phi) is 4.69. The zero-order valence-corrected chi connectivity index (χ0v) is 17.8. The van der Waals surface area contributed by atoms with Gasteiger partial charge in [0.2, 0.25) is 0 Å². The average molecular weight is 425 g/mol. The molecule has 10 heteroatoms. The highest BCUT2D eigenvalue weighted by atomic mass is 32.2. The molecule has 27 heavy (non-hydrogen) atoms. The lowest BCUT2D eigenvalue weighted by molar-refractivity contribution is 0.0499. The minimum absolute atomic E-state index is 0.134. The number of hydrazine groups is 1. The van der Waals surface area contributed by atoms with Crippen LogP contribution in [0.1, 0.15) is 44.2 Å². The second kappa shape index (κ2) is 7.06. The summed E-state index contributed by atoms with van der Waals surface area (Å²) < 4.78 is 14.0. The summed E-state index contributed by atoms with van der Waals surface area (Å²) in [5.41, 5.74) is 8.03. The molecule has 6 unspecified atom stereocenters. The number of thioether (sulfide) groups is 1. The van der Waals surface area contributed by atoms with Crippen molar-refractivity contribution in [3.05, 3.63) is 26.5 Å². The highest BCUT2D eigenvalue weighted by Crippen LogP contribution is 2.53. The van der Waals surface area contributed by atoms with Crippen LogP contribution in [0.25, 0.3) is 0 Å². The molecule has 0 radical (unpaired) electrons. The first-order chi connectivity index (χ1) is 13.2. The Bertz CT molecular complexity index is 810. The van der Waals surface area contributed by atoms with Crippen LogP contribution in [0.3, 0.4) is 0 Å². The SMILES string of the molecule is CCCCS(=O)C1=C2NN3C(C)=NNC3C3CC(c4nccs4)NC(S1)C23. The van der Waals surface area contributed by atoms with Gasteiger partial charge < -0.3 is 0 Å². The van der Waals surface area contributed by atoms with Crippen LogP contribution in [-0.2, 0) is 10.8 Å². The van der Waals surface area contributed by atoms with E-state index in [1.54, 1.807) is 23.1 Å². The maximum atomic E-state index is 13.0. The summed E-state index contributed by atoms with van der Waals surface area (Å²) in [4.78, 5) is 4.55. The van der Waals surface area contributed by atoms with Crippen molar-refractivity contribution in [2.24, 2.45) is 16.9 Å². The van der Waals surface area contributed by atoms with Gasteiger partial charge in [0, 0.05) is 29.2 Å². The second-order valence-corrected chi connectivity index (χ2v) is 11.2. The van der Waals surface area contributed by atoms with Gasteiger partial charge in [0.1, 0.15) is 17.0 Å². The van der Waals surface area contributed by atoms with Crippen molar-refractivity contribution in [2.45, 2.75) is 50.7 Å². The second-order valence-electron chi connectivity index (χ2n) is 7.37. The van der Waals surface area contributed by atoms with Crippen molar-refractivity contribution in [1.82, 2.24) is 26.2 Å².